The second-order valence-electron chi connectivity index (χ2n) is 15.5. The van der Waals surface area contributed by atoms with Crippen LogP contribution in [0, 0.1) is 0 Å². The number of unbranched alkanes of at least 4 members (excludes halogenated alkanes) is 26. The number of hydrogen-bond acceptors (Lipinski definition) is 7. The summed E-state index contributed by atoms with van der Waals surface area (Å²) in [6.07, 6.45) is 39.1. The van der Waals surface area contributed by atoms with Gasteiger partial charge in [0.2, 0.25) is 0 Å². The van der Waals surface area contributed by atoms with Crippen molar-refractivity contribution in [3.8, 4) is 0 Å². The molecule has 0 rings (SSSR count). The lowest BCUT2D eigenvalue weighted by Crippen LogP contribution is -2.27. The van der Waals surface area contributed by atoms with E-state index in [-0.39, 0.29) is 18.8 Å². The molecule has 1 unspecified atom stereocenters. The smallest absolute Gasteiger partial charge is 0.466 e. The number of esters is 1. The van der Waals surface area contributed by atoms with Crippen molar-refractivity contribution in [1.29, 1.82) is 0 Å². The molecule has 310 valence electrons. The number of ether oxygens (including phenoxy) is 3. The van der Waals surface area contributed by atoms with E-state index in [1.54, 1.807) is 0 Å². The molecule has 0 saturated heterocycles. The summed E-state index contributed by atoms with van der Waals surface area (Å²) in [7, 11) is 0. The van der Waals surface area contributed by atoms with Crippen LogP contribution in [0.3, 0.4) is 0 Å². The van der Waals surface area contributed by atoms with E-state index in [2.05, 4.69) is 25.7 Å². The van der Waals surface area contributed by atoms with Gasteiger partial charge in [-0.15, -0.1) is 0 Å². The van der Waals surface area contributed by atoms with Gasteiger partial charge in [0.25, 0.3) is 0 Å². The maximum absolute atomic E-state index is 12.4. The van der Waals surface area contributed by atoms with Crippen LogP contribution in [0.25, 0.3) is 0 Å². The van der Waals surface area contributed by atoms with E-state index in [9.17, 15) is 14.7 Å². The highest BCUT2D eigenvalue weighted by Crippen LogP contribution is 2.18. The van der Waals surface area contributed by atoms with Gasteiger partial charge < -0.3 is 19.3 Å². The van der Waals surface area contributed by atoms with Crippen LogP contribution in [0.5, 0.6) is 0 Å². The van der Waals surface area contributed by atoms with Crippen molar-refractivity contribution < 1.29 is 28.9 Å². The summed E-state index contributed by atoms with van der Waals surface area (Å²) in [6, 6.07) is 0. The third-order valence-corrected chi connectivity index (χ3v) is 10.4. The van der Waals surface area contributed by atoms with Gasteiger partial charge in [0.15, 0.2) is 0 Å². The molecule has 0 bridgehead atoms. The molecule has 0 radical (unpaired) electrons. The van der Waals surface area contributed by atoms with Crippen molar-refractivity contribution in [2.24, 2.45) is 0 Å². The van der Waals surface area contributed by atoms with E-state index in [0.29, 0.717) is 19.6 Å². The number of hydrogen-bond donors (Lipinski definition) is 1. The fraction of sp³-hybridized carbons (Fsp3) is 0.956. The number of aliphatic hydroxyl groups is 1. The van der Waals surface area contributed by atoms with Crippen LogP contribution in [0.15, 0.2) is 0 Å². The second-order valence-corrected chi connectivity index (χ2v) is 15.5. The summed E-state index contributed by atoms with van der Waals surface area (Å²) in [4.78, 5) is 26.4. The fourth-order valence-corrected chi connectivity index (χ4v) is 6.92. The molecular weight excluding hydrogens is 650 g/mol. The lowest BCUT2D eigenvalue weighted by atomic mass is 10.0. The zero-order chi connectivity index (χ0) is 38.0. The summed E-state index contributed by atoms with van der Waals surface area (Å²) in [5, 5.41) is 9.77. The average Bonchev–Trinajstić information content (AvgIpc) is 3.14. The standard InChI is InChI=1S/C45H89NO6/c1-4-7-10-13-15-16-17-22-29-36-43(35-28-12-9-6-3)52-45(49)51-41-34-27-21-19-25-32-39-46(42-47)38-31-24-18-20-26-33-40-50-44(48)37-30-23-14-11-8-5-2/h43,47H,4-42H2,1-3H3. The van der Waals surface area contributed by atoms with E-state index in [1.165, 1.54) is 128 Å². The van der Waals surface area contributed by atoms with Gasteiger partial charge in [0, 0.05) is 19.5 Å². The van der Waals surface area contributed by atoms with Crippen LogP contribution < -0.4 is 0 Å². The van der Waals surface area contributed by atoms with Gasteiger partial charge in [-0.1, -0.05) is 175 Å². The van der Waals surface area contributed by atoms with Crippen LogP contribution in [0.1, 0.15) is 239 Å². The van der Waals surface area contributed by atoms with Crippen molar-refractivity contribution in [1.82, 2.24) is 4.90 Å². The minimum atomic E-state index is -0.475. The Labute approximate surface area is 323 Å². The Bertz CT molecular complexity index is 735. The molecule has 0 aromatic carbocycles. The Balaban J connectivity index is 3.76. The van der Waals surface area contributed by atoms with Crippen molar-refractivity contribution in [3.63, 3.8) is 0 Å². The first-order valence-electron chi connectivity index (χ1n) is 22.9. The largest absolute Gasteiger partial charge is 0.508 e. The van der Waals surface area contributed by atoms with E-state index in [0.717, 1.165) is 96.6 Å². The highest BCUT2D eigenvalue weighted by molar-refractivity contribution is 5.69. The van der Waals surface area contributed by atoms with Gasteiger partial charge in [0.1, 0.15) is 6.10 Å². The Kier molecular flexibility index (Phi) is 41.3. The first kappa shape index (κ1) is 50.7. The van der Waals surface area contributed by atoms with Gasteiger partial charge in [-0.25, -0.2) is 4.79 Å². The van der Waals surface area contributed by atoms with Gasteiger partial charge in [-0.3, -0.25) is 9.69 Å². The number of rotatable bonds is 42. The highest BCUT2D eigenvalue weighted by Gasteiger charge is 2.15. The molecule has 0 amide bonds. The van der Waals surface area contributed by atoms with E-state index in [1.807, 2.05) is 0 Å². The molecule has 7 nitrogen and oxygen atoms in total. The molecule has 0 heterocycles. The number of carbonyl (C=O) groups excluding carboxylic acids is 2. The van der Waals surface area contributed by atoms with Gasteiger partial charge >= 0.3 is 12.1 Å². The van der Waals surface area contributed by atoms with Crippen LogP contribution >= 0.6 is 0 Å². The van der Waals surface area contributed by atoms with Crippen LogP contribution in [0.2, 0.25) is 0 Å². The van der Waals surface area contributed by atoms with Crippen LogP contribution in [0.4, 0.5) is 4.79 Å². The Morgan fingerprint density at radius 3 is 1.29 bits per heavy atom. The molecule has 1 N–H and O–H groups in total. The quantitative estimate of drug-likeness (QED) is 0.0379. The van der Waals surface area contributed by atoms with Crippen molar-refractivity contribution in [3.05, 3.63) is 0 Å². The van der Waals surface area contributed by atoms with Gasteiger partial charge in [0.05, 0.1) is 19.9 Å². The first-order chi connectivity index (χ1) is 25.6. The predicted molar refractivity (Wildman–Crippen MR) is 220 cm³/mol. The highest BCUT2D eigenvalue weighted by atomic mass is 16.7. The van der Waals surface area contributed by atoms with E-state index < -0.39 is 6.16 Å². The zero-order valence-corrected chi connectivity index (χ0v) is 35.1. The van der Waals surface area contributed by atoms with Gasteiger partial charge in [-0.2, -0.15) is 0 Å². The third kappa shape index (κ3) is 38.4. The van der Waals surface area contributed by atoms with Crippen molar-refractivity contribution >= 4 is 12.1 Å². The maximum Gasteiger partial charge on any atom is 0.508 e. The first-order valence-corrected chi connectivity index (χ1v) is 22.9. The molecule has 7 heteroatoms. The molecular formula is C45H89NO6. The molecule has 0 saturated carbocycles. The van der Waals surface area contributed by atoms with Gasteiger partial charge in [-0.05, 0) is 57.8 Å². The lowest BCUT2D eigenvalue weighted by molar-refractivity contribution is -0.143. The SMILES string of the molecule is CCCCCCCCCCCC(CCCCCC)OC(=O)OCCCCCCCCN(CO)CCCCCCCCOC(=O)CCCCCCCC. The van der Waals surface area contributed by atoms with Crippen molar-refractivity contribution in [2.45, 2.75) is 245 Å². The summed E-state index contributed by atoms with van der Waals surface area (Å²) in [6.45, 7) is 9.78. The molecule has 0 aliphatic rings. The predicted octanol–water partition coefficient (Wildman–Crippen LogP) is 13.6. The molecule has 1 atom stereocenters. The number of carbonyl (C=O) groups is 2. The third-order valence-electron chi connectivity index (χ3n) is 10.4. The van der Waals surface area contributed by atoms with E-state index in [4.69, 9.17) is 14.2 Å². The van der Waals surface area contributed by atoms with Crippen LogP contribution in [-0.4, -0.2) is 61.3 Å². The Morgan fingerprint density at radius 1 is 0.462 bits per heavy atom. The number of nitrogens with zero attached hydrogens (tertiary/aromatic N) is 1. The minimum absolute atomic E-state index is 0.000956. The monoisotopic (exact) mass is 740 g/mol. The minimum Gasteiger partial charge on any atom is -0.466 e. The molecule has 0 fully saturated rings. The molecule has 0 spiro atoms. The van der Waals surface area contributed by atoms with Crippen LogP contribution in [-0.2, 0) is 19.0 Å². The Hall–Kier alpha value is -1.34. The lowest BCUT2D eigenvalue weighted by Gasteiger charge is -2.19. The summed E-state index contributed by atoms with van der Waals surface area (Å²) in [5.74, 6) is -0.0286. The molecule has 0 aliphatic carbocycles. The molecule has 52 heavy (non-hydrogen) atoms. The second kappa shape index (κ2) is 42.4. The number of aliphatic hydroxyl groups excluding tert-OH is 1. The van der Waals surface area contributed by atoms with Crippen molar-refractivity contribution in [2.75, 3.05) is 33.0 Å². The summed E-state index contributed by atoms with van der Waals surface area (Å²) < 4.78 is 16.6. The topological polar surface area (TPSA) is 85.3 Å². The maximum atomic E-state index is 12.4. The molecule has 0 aromatic heterocycles. The normalized spacial score (nSPS) is 12.0. The molecule has 0 aliphatic heterocycles. The summed E-state index contributed by atoms with van der Waals surface area (Å²) in [5.41, 5.74) is 0. The Morgan fingerprint density at radius 2 is 0.827 bits per heavy atom. The average molecular weight is 740 g/mol. The fourth-order valence-electron chi connectivity index (χ4n) is 6.92. The molecule has 0 aromatic rings. The van der Waals surface area contributed by atoms with E-state index >= 15 is 0 Å². The summed E-state index contributed by atoms with van der Waals surface area (Å²) >= 11 is 0. The zero-order valence-electron chi connectivity index (χ0n) is 35.1.